The minimum atomic E-state index is 0.00348. The Balaban J connectivity index is 2.58. The van der Waals surface area contributed by atoms with Gasteiger partial charge >= 0.3 is 0 Å². The predicted octanol–water partition coefficient (Wildman–Crippen LogP) is 2.75. The number of unbranched alkanes of at least 4 members (excludes halogenated alkanes) is 2. The van der Waals surface area contributed by atoms with Gasteiger partial charge in [0.25, 0.3) is 0 Å². The van der Waals surface area contributed by atoms with Crippen molar-refractivity contribution in [3.05, 3.63) is 35.4 Å². The van der Waals surface area contributed by atoms with Gasteiger partial charge in [-0.05, 0) is 31.0 Å². The number of amides is 1. The maximum atomic E-state index is 11.8. The third-order valence-electron chi connectivity index (χ3n) is 3.11. The van der Waals surface area contributed by atoms with Crippen LogP contribution in [0.1, 0.15) is 56.7 Å². The van der Waals surface area contributed by atoms with Crippen LogP contribution >= 0.6 is 0 Å². The smallest absolute Gasteiger partial charge is 0.220 e. The summed E-state index contributed by atoms with van der Waals surface area (Å²) in [6.45, 7) is 4.48. The standard InChI is InChI=1S/C17H24N2O/c1-3-4-5-11-17(20)19-14(2)16-10-6-8-15(13-16)9-7-12-18/h6,8,10,13-14H,3-5,11-12,18H2,1-2H3,(H,19,20). The molecule has 0 radical (unpaired) electrons. The lowest BCUT2D eigenvalue weighted by Crippen LogP contribution is -2.26. The zero-order valence-electron chi connectivity index (χ0n) is 12.4. The Morgan fingerprint density at radius 1 is 1.40 bits per heavy atom. The monoisotopic (exact) mass is 272 g/mol. The Hall–Kier alpha value is -1.79. The Bertz CT molecular complexity index is 485. The first-order valence-electron chi connectivity index (χ1n) is 7.25. The summed E-state index contributed by atoms with van der Waals surface area (Å²) in [5, 5.41) is 3.03. The van der Waals surface area contributed by atoms with Crippen LogP contribution in [-0.2, 0) is 4.79 Å². The summed E-state index contributed by atoms with van der Waals surface area (Å²) in [5.41, 5.74) is 7.37. The first kappa shape index (κ1) is 16.3. The van der Waals surface area contributed by atoms with Crippen molar-refractivity contribution in [3.8, 4) is 11.8 Å². The maximum Gasteiger partial charge on any atom is 0.220 e. The van der Waals surface area contributed by atoms with Crippen LogP contribution in [0.25, 0.3) is 0 Å². The van der Waals surface area contributed by atoms with Crippen LogP contribution in [0.3, 0.4) is 0 Å². The van der Waals surface area contributed by atoms with Crippen molar-refractivity contribution in [3.63, 3.8) is 0 Å². The topological polar surface area (TPSA) is 55.1 Å². The molecule has 0 heterocycles. The zero-order chi connectivity index (χ0) is 14.8. The average molecular weight is 272 g/mol. The van der Waals surface area contributed by atoms with Crippen molar-refractivity contribution in [1.29, 1.82) is 0 Å². The zero-order valence-corrected chi connectivity index (χ0v) is 12.4. The molecule has 20 heavy (non-hydrogen) atoms. The molecule has 0 fully saturated rings. The molecule has 3 N–H and O–H groups in total. The van der Waals surface area contributed by atoms with E-state index in [4.69, 9.17) is 5.73 Å². The Morgan fingerprint density at radius 2 is 2.20 bits per heavy atom. The van der Waals surface area contributed by atoms with Crippen LogP contribution in [0.5, 0.6) is 0 Å². The first-order chi connectivity index (χ1) is 9.67. The summed E-state index contributed by atoms with van der Waals surface area (Å²) in [5.74, 6) is 5.96. The Labute approximate surface area is 121 Å². The van der Waals surface area contributed by atoms with Gasteiger partial charge in [-0.3, -0.25) is 4.79 Å². The number of carbonyl (C=O) groups is 1. The molecule has 1 atom stereocenters. The van der Waals surface area contributed by atoms with Crippen molar-refractivity contribution in [2.24, 2.45) is 5.73 Å². The van der Waals surface area contributed by atoms with Crippen molar-refractivity contribution >= 4 is 5.91 Å². The average Bonchev–Trinajstić information content (AvgIpc) is 2.45. The third-order valence-corrected chi connectivity index (χ3v) is 3.11. The summed E-state index contributed by atoms with van der Waals surface area (Å²) < 4.78 is 0. The molecule has 1 aromatic carbocycles. The minimum absolute atomic E-state index is 0.00348. The van der Waals surface area contributed by atoms with Gasteiger partial charge in [-0.15, -0.1) is 0 Å². The molecule has 0 spiro atoms. The van der Waals surface area contributed by atoms with Crippen LogP contribution in [0, 0.1) is 11.8 Å². The summed E-state index contributed by atoms with van der Waals surface area (Å²) in [4.78, 5) is 11.8. The normalized spacial score (nSPS) is 11.3. The maximum absolute atomic E-state index is 11.8. The summed E-state index contributed by atoms with van der Waals surface area (Å²) >= 11 is 0. The minimum Gasteiger partial charge on any atom is -0.350 e. The Morgan fingerprint density at radius 3 is 2.90 bits per heavy atom. The highest BCUT2D eigenvalue weighted by Crippen LogP contribution is 2.14. The van der Waals surface area contributed by atoms with Gasteiger partial charge in [0.2, 0.25) is 5.91 Å². The van der Waals surface area contributed by atoms with Crippen LogP contribution in [0.2, 0.25) is 0 Å². The molecule has 3 heteroatoms. The molecule has 0 saturated carbocycles. The lowest BCUT2D eigenvalue weighted by molar-refractivity contribution is -0.121. The summed E-state index contributed by atoms with van der Waals surface area (Å²) in [6.07, 6.45) is 3.79. The second-order valence-corrected chi connectivity index (χ2v) is 4.88. The van der Waals surface area contributed by atoms with E-state index in [0.717, 1.165) is 30.4 Å². The van der Waals surface area contributed by atoms with Crippen LogP contribution in [0.4, 0.5) is 0 Å². The number of nitrogens with two attached hydrogens (primary N) is 1. The predicted molar refractivity (Wildman–Crippen MR) is 83.1 cm³/mol. The molecule has 3 nitrogen and oxygen atoms in total. The number of nitrogens with one attached hydrogen (secondary N) is 1. The van der Waals surface area contributed by atoms with Gasteiger partial charge in [-0.1, -0.05) is 43.7 Å². The van der Waals surface area contributed by atoms with Gasteiger partial charge in [-0.25, -0.2) is 0 Å². The molecule has 1 amide bonds. The van der Waals surface area contributed by atoms with Crippen molar-refractivity contribution in [2.45, 2.75) is 45.6 Å². The Kier molecular flexibility index (Phi) is 7.46. The number of rotatable bonds is 6. The number of hydrogen-bond acceptors (Lipinski definition) is 2. The number of carbonyl (C=O) groups excluding carboxylic acids is 1. The lowest BCUT2D eigenvalue weighted by atomic mass is 10.0. The van der Waals surface area contributed by atoms with Gasteiger partial charge in [0.05, 0.1) is 12.6 Å². The van der Waals surface area contributed by atoms with E-state index in [9.17, 15) is 4.79 Å². The van der Waals surface area contributed by atoms with Gasteiger partial charge in [0.15, 0.2) is 0 Å². The molecule has 0 saturated heterocycles. The molecule has 1 rings (SSSR count). The molecule has 0 aliphatic heterocycles. The van der Waals surface area contributed by atoms with Crippen molar-refractivity contribution in [2.75, 3.05) is 6.54 Å². The molecule has 0 bridgehead atoms. The second kappa shape index (κ2) is 9.17. The van der Waals surface area contributed by atoms with Crippen molar-refractivity contribution in [1.82, 2.24) is 5.32 Å². The van der Waals surface area contributed by atoms with E-state index < -0.39 is 0 Å². The molecule has 108 valence electrons. The molecular formula is C17H24N2O. The molecule has 1 unspecified atom stereocenters. The van der Waals surface area contributed by atoms with E-state index in [1.807, 2.05) is 31.2 Å². The quantitative estimate of drug-likeness (QED) is 0.618. The highest BCUT2D eigenvalue weighted by atomic mass is 16.1. The lowest BCUT2D eigenvalue weighted by Gasteiger charge is -2.14. The highest BCUT2D eigenvalue weighted by Gasteiger charge is 2.09. The summed E-state index contributed by atoms with van der Waals surface area (Å²) in [6, 6.07) is 7.91. The molecular weight excluding hydrogens is 248 g/mol. The van der Waals surface area contributed by atoms with Crippen molar-refractivity contribution < 1.29 is 4.79 Å². The van der Waals surface area contributed by atoms with E-state index in [2.05, 4.69) is 24.1 Å². The van der Waals surface area contributed by atoms with Crippen LogP contribution in [0.15, 0.2) is 24.3 Å². The van der Waals surface area contributed by atoms with E-state index in [0.29, 0.717) is 13.0 Å². The van der Waals surface area contributed by atoms with Gasteiger partial charge < -0.3 is 11.1 Å². The number of hydrogen-bond donors (Lipinski definition) is 2. The largest absolute Gasteiger partial charge is 0.350 e. The fourth-order valence-corrected chi connectivity index (χ4v) is 1.97. The summed E-state index contributed by atoms with van der Waals surface area (Å²) in [7, 11) is 0. The highest BCUT2D eigenvalue weighted by molar-refractivity contribution is 5.76. The number of benzene rings is 1. The van der Waals surface area contributed by atoms with Gasteiger partial charge in [-0.2, -0.15) is 0 Å². The van der Waals surface area contributed by atoms with E-state index in [1.165, 1.54) is 0 Å². The third kappa shape index (κ3) is 5.90. The first-order valence-corrected chi connectivity index (χ1v) is 7.25. The SMILES string of the molecule is CCCCCC(=O)NC(C)c1cccc(C#CCN)c1. The fraction of sp³-hybridized carbons (Fsp3) is 0.471. The van der Waals surface area contributed by atoms with Gasteiger partial charge in [0.1, 0.15) is 0 Å². The fourth-order valence-electron chi connectivity index (χ4n) is 1.97. The molecule has 1 aromatic rings. The van der Waals surface area contributed by atoms with E-state index in [-0.39, 0.29) is 11.9 Å². The molecule has 0 aromatic heterocycles. The second-order valence-electron chi connectivity index (χ2n) is 4.88. The molecule has 0 aliphatic rings. The van der Waals surface area contributed by atoms with Crippen LogP contribution in [-0.4, -0.2) is 12.5 Å². The van der Waals surface area contributed by atoms with E-state index >= 15 is 0 Å². The molecule has 0 aliphatic carbocycles. The van der Waals surface area contributed by atoms with Gasteiger partial charge in [0, 0.05) is 12.0 Å². The van der Waals surface area contributed by atoms with E-state index in [1.54, 1.807) is 0 Å². The van der Waals surface area contributed by atoms with Crippen LogP contribution < -0.4 is 11.1 Å².